The zero-order valence-electron chi connectivity index (χ0n) is 7.37. The summed E-state index contributed by atoms with van der Waals surface area (Å²) in [5, 5.41) is 0. The molecule has 72 valence electrons. The first-order chi connectivity index (χ1) is 6.41. The maximum absolute atomic E-state index is 12.6. The van der Waals surface area contributed by atoms with Crippen LogP contribution in [0.3, 0.4) is 0 Å². The molecule has 2 rings (SSSR count). The third kappa shape index (κ3) is 1.50. The summed E-state index contributed by atoms with van der Waals surface area (Å²) in [6.45, 7) is 0. The largest absolute Gasteiger partial charge is 0.318 e. The van der Waals surface area contributed by atoms with Crippen molar-refractivity contribution in [3.05, 3.63) is 18.2 Å². The van der Waals surface area contributed by atoms with Crippen molar-refractivity contribution in [1.82, 2.24) is 9.97 Å². The second-order valence-corrected chi connectivity index (χ2v) is 3.71. The first-order valence-electron chi connectivity index (χ1n) is 4.16. The standard InChI is InChI=1S/C8H8BF2N3/c9-5-1-13-6(14-2-5)7(12)3-8(10,11)4-7/h1-2H,3-4,12H2. The van der Waals surface area contributed by atoms with E-state index in [0.29, 0.717) is 5.46 Å². The molecule has 0 spiro atoms. The molecule has 0 bridgehead atoms. The number of rotatable bonds is 1. The molecule has 0 aliphatic heterocycles. The van der Waals surface area contributed by atoms with Crippen molar-refractivity contribution in [2.75, 3.05) is 0 Å². The van der Waals surface area contributed by atoms with Crippen LogP contribution in [0.1, 0.15) is 18.7 Å². The summed E-state index contributed by atoms with van der Waals surface area (Å²) in [4.78, 5) is 7.69. The lowest BCUT2D eigenvalue weighted by Gasteiger charge is -2.42. The molecule has 2 N–H and O–H groups in total. The van der Waals surface area contributed by atoms with E-state index in [4.69, 9.17) is 13.6 Å². The van der Waals surface area contributed by atoms with Crippen LogP contribution in [0.5, 0.6) is 0 Å². The monoisotopic (exact) mass is 195 g/mol. The number of aromatic nitrogens is 2. The molecule has 1 aliphatic carbocycles. The van der Waals surface area contributed by atoms with Crippen LogP contribution in [0.15, 0.2) is 12.4 Å². The predicted octanol–water partition coefficient (Wildman–Crippen LogP) is -0.147. The van der Waals surface area contributed by atoms with Crippen molar-refractivity contribution in [3.63, 3.8) is 0 Å². The molecule has 14 heavy (non-hydrogen) atoms. The van der Waals surface area contributed by atoms with Gasteiger partial charge in [0.25, 0.3) is 5.92 Å². The van der Waals surface area contributed by atoms with E-state index >= 15 is 0 Å². The van der Waals surface area contributed by atoms with Gasteiger partial charge in [-0.2, -0.15) is 0 Å². The Morgan fingerprint density at radius 1 is 1.29 bits per heavy atom. The maximum Gasteiger partial charge on any atom is 0.252 e. The predicted molar refractivity (Wildman–Crippen MR) is 47.5 cm³/mol. The average molecular weight is 195 g/mol. The van der Waals surface area contributed by atoms with Gasteiger partial charge >= 0.3 is 0 Å². The Bertz CT molecular complexity index is 344. The fourth-order valence-electron chi connectivity index (χ4n) is 1.62. The minimum Gasteiger partial charge on any atom is -0.318 e. The molecule has 1 aromatic heterocycles. The van der Waals surface area contributed by atoms with Crippen LogP contribution in [-0.2, 0) is 5.54 Å². The van der Waals surface area contributed by atoms with Crippen molar-refractivity contribution in [2.45, 2.75) is 24.3 Å². The molecule has 1 aliphatic rings. The topological polar surface area (TPSA) is 51.8 Å². The molecule has 0 amide bonds. The van der Waals surface area contributed by atoms with Crippen LogP contribution in [-0.4, -0.2) is 23.7 Å². The molecule has 6 heteroatoms. The van der Waals surface area contributed by atoms with Gasteiger partial charge < -0.3 is 5.73 Å². The summed E-state index contributed by atoms with van der Waals surface area (Å²) in [7, 11) is 5.37. The van der Waals surface area contributed by atoms with E-state index in [9.17, 15) is 8.78 Å². The Balaban J connectivity index is 2.21. The van der Waals surface area contributed by atoms with E-state index in [0.717, 1.165) is 0 Å². The van der Waals surface area contributed by atoms with E-state index < -0.39 is 24.3 Å². The Morgan fingerprint density at radius 3 is 2.21 bits per heavy atom. The smallest absolute Gasteiger partial charge is 0.252 e. The van der Waals surface area contributed by atoms with Crippen molar-refractivity contribution in [2.24, 2.45) is 5.73 Å². The Labute approximate surface area is 81.1 Å². The number of nitrogens with two attached hydrogens (primary N) is 1. The van der Waals surface area contributed by atoms with Crippen LogP contribution < -0.4 is 11.2 Å². The van der Waals surface area contributed by atoms with Crippen molar-refractivity contribution < 1.29 is 8.78 Å². The van der Waals surface area contributed by atoms with Crippen LogP contribution in [0.4, 0.5) is 8.78 Å². The summed E-state index contributed by atoms with van der Waals surface area (Å²) in [5.74, 6) is -2.45. The molecule has 3 nitrogen and oxygen atoms in total. The number of hydrogen-bond acceptors (Lipinski definition) is 3. The zero-order valence-corrected chi connectivity index (χ0v) is 7.37. The lowest BCUT2D eigenvalue weighted by molar-refractivity contribution is -0.127. The quantitative estimate of drug-likeness (QED) is 0.634. The summed E-state index contributed by atoms with van der Waals surface area (Å²) in [6.07, 6.45) is 1.94. The first-order valence-corrected chi connectivity index (χ1v) is 4.16. The maximum atomic E-state index is 12.6. The molecule has 1 saturated carbocycles. The molecular formula is C8H8BF2N3. The number of nitrogens with zero attached hydrogens (tertiary/aromatic N) is 2. The molecule has 0 saturated heterocycles. The fraction of sp³-hybridized carbons (Fsp3) is 0.500. The Morgan fingerprint density at radius 2 is 1.79 bits per heavy atom. The lowest BCUT2D eigenvalue weighted by Crippen LogP contribution is -2.56. The van der Waals surface area contributed by atoms with Gasteiger partial charge in [0.2, 0.25) is 0 Å². The van der Waals surface area contributed by atoms with Crippen molar-refractivity contribution in [1.29, 1.82) is 0 Å². The SMILES string of the molecule is [B]c1cnc(C2(N)CC(F)(F)C2)nc1. The molecule has 0 unspecified atom stereocenters. The van der Waals surface area contributed by atoms with Gasteiger partial charge in [0.05, 0.1) is 5.54 Å². The summed E-state index contributed by atoms with van der Waals surface area (Å²) in [6, 6.07) is 0. The molecule has 0 aromatic carbocycles. The number of alkyl halides is 2. The Kier molecular flexibility index (Phi) is 1.85. The number of hydrogen-bond donors (Lipinski definition) is 1. The van der Waals surface area contributed by atoms with Gasteiger partial charge in [0.1, 0.15) is 13.7 Å². The van der Waals surface area contributed by atoms with Crippen LogP contribution >= 0.6 is 0 Å². The summed E-state index contributed by atoms with van der Waals surface area (Å²) < 4.78 is 25.3. The molecule has 1 fully saturated rings. The molecular weight excluding hydrogens is 187 g/mol. The molecule has 2 radical (unpaired) electrons. The van der Waals surface area contributed by atoms with Crippen molar-refractivity contribution in [3.8, 4) is 0 Å². The van der Waals surface area contributed by atoms with E-state index in [1.54, 1.807) is 0 Å². The van der Waals surface area contributed by atoms with Gasteiger partial charge in [-0.25, -0.2) is 18.7 Å². The second-order valence-electron chi connectivity index (χ2n) is 3.71. The number of halogens is 2. The highest BCUT2D eigenvalue weighted by molar-refractivity contribution is 6.31. The highest BCUT2D eigenvalue weighted by atomic mass is 19.3. The third-order valence-electron chi connectivity index (χ3n) is 2.27. The van der Waals surface area contributed by atoms with E-state index in [1.807, 2.05) is 0 Å². The van der Waals surface area contributed by atoms with Gasteiger partial charge in [0, 0.05) is 25.2 Å². The summed E-state index contributed by atoms with van der Waals surface area (Å²) in [5.41, 5.74) is 5.01. The van der Waals surface area contributed by atoms with Gasteiger partial charge in [-0.15, -0.1) is 0 Å². The van der Waals surface area contributed by atoms with Crippen LogP contribution in [0.2, 0.25) is 0 Å². The van der Waals surface area contributed by atoms with Gasteiger partial charge in [-0.1, -0.05) is 5.46 Å². The highest BCUT2D eigenvalue weighted by Crippen LogP contribution is 2.48. The van der Waals surface area contributed by atoms with Crippen LogP contribution in [0.25, 0.3) is 0 Å². The van der Waals surface area contributed by atoms with E-state index in [1.165, 1.54) is 12.4 Å². The third-order valence-corrected chi connectivity index (χ3v) is 2.27. The Hall–Kier alpha value is -1.04. The van der Waals surface area contributed by atoms with Gasteiger partial charge in [-0.05, 0) is 0 Å². The highest BCUT2D eigenvalue weighted by Gasteiger charge is 2.56. The van der Waals surface area contributed by atoms with Crippen molar-refractivity contribution >= 4 is 13.3 Å². The normalized spacial score (nSPS) is 22.8. The summed E-state index contributed by atoms with van der Waals surface area (Å²) >= 11 is 0. The minimum absolute atomic E-state index is 0.234. The van der Waals surface area contributed by atoms with Gasteiger partial charge in [0.15, 0.2) is 0 Å². The van der Waals surface area contributed by atoms with E-state index in [2.05, 4.69) is 9.97 Å². The molecule has 0 atom stereocenters. The molecule has 1 heterocycles. The van der Waals surface area contributed by atoms with Crippen LogP contribution in [0, 0.1) is 0 Å². The minimum atomic E-state index is -2.68. The lowest BCUT2D eigenvalue weighted by atomic mass is 9.73. The fourth-order valence-corrected chi connectivity index (χ4v) is 1.62. The molecule has 1 aromatic rings. The second kappa shape index (κ2) is 2.73. The zero-order chi connectivity index (χ0) is 10.4. The first kappa shape index (κ1) is 9.52. The van der Waals surface area contributed by atoms with Gasteiger partial charge in [-0.3, -0.25) is 0 Å². The van der Waals surface area contributed by atoms with E-state index in [-0.39, 0.29) is 5.82 Å². The average Bonchev–Trinajstić information content (AvgIpc) is 2.01.